The molecule has 0 fully saturated rings. The Morgan fingerprint density at radius 3 is 1.76 bits per heavy atom. The first-order valence-electron chi connectivity index (χ1n) is 8.71. The van der Waals surface area contributed by atoms with Crippen molar-refractivity contribution in [3.05, 3.63) is 96.6 Å². The summed E-state index contributed by atoms with van der Waals surface area (Å²) in [6.45, 7) is 2.17. The van der Waals surface area contributed by atoms with Gasteiger partial charge in [-0.05, 0) is 56.4 Å². The summed E-state index contributed by atoms with van der Waals surface area (Å²) in [5.41, 5.74) is 3.83. The molecular formula is C25H18. The van der Waals surface area contributed by atoms with Crippen molar-refractivity contribution in [1.82, 2.24) is 0 Å². The Bertz CT molecular complexity index is 1230. The molecule has 0 amide bonds. The van der Waals surface area contributed by atoms with Gasteiger partial charge < -0.3 is 0 Å². The van der Waals surface area contributed by atoms with Gasteiger partial charge in [-0.1, -0.05) is 90.5 Å². The lowest BCUT2D eigenvalue weighted by Gasteiger charge is -2.12. The van der Waals surface area contributed by atoms with E-state index in [2.05, 4.69) is 97.9 Å². The molecule has 0 aliphatic rings. The van der Waals surface area contributed by atoms with Crippen LogP contribution in [0.1, 0.15) is 5.56 Å². The Kier molecular flexibility index (Phi) is 3.11. The molecule has 0 radical (unpaired) electrons. The van der Waals surface area contributed by atoms with Gasteiger partial charge in [-0.2, -0.15) is 0 Å². The topological polar surface area (TPSA) is 0 Å². The number of hydrogen-bond donors (Lipinski definition) is 0. The first kappa shape index (κ1) is 14.2. The maximum atomic E-state index is 2.34. The van der Waals surface area contributed by atoms with Crippen molar-refractivity contribution in [2.75, 3.05) is 0 Å². The van der Waals surface area contributed by atoms with Crippen molar-refractivity contribution in [2.45, 2.75) is 6.92 Å². The number of aryl methyl sites for hydroxylation is 1. The van der Waals surface area contributed by atoms with E-state index in [0.717, 1.165) is 0 Å². The minimum atomic E-state index is 1.26. The number of hydrogen-bond acceptors (Lipinski definition) is 0. The van der Waals surface area contributed by atoms with Crippen molar-refractivity contribution in [1.29, 1.82) is 0 Å². The fourth-order valence-corrected chi connectivity index (χ4v) is 3.88. The Morgan fingerprint density at radius 1 is 0.400 bits per heavy atom. The third-order valence-electron chi connectivity index (χ3n) is 5.10. The lowest BCUT2D eigenvalue weighted by Crippen LogP contribution is -1.85. The maximum Gasteiger partial charge on any atom is -0.00928 e. The van der Waals surface area contributed by atoms with Crippen molar-refractivity contribution in [2.24, 2.45) is 0 Å². The molecule has 0 saturated carbocycles. The molecule has 0 N–H and O–H groups in total. The van der Waals surface area contributed by atoms with Gasteiger partial charge in [0, 0.05) is 0 Å². The van der Waals surface area contributed by atoms with E-state index in [-0.39, 0.29) is 0 Å². The third-order valence-corrected chi connectivity index (χ3v) is 5.10. The van der Waals surface area contributed by atoms with Crippen LogP contribution >= 0.6 is 0 Å². The van der Waals surface area contributed by atoms with E-state index in [1.165, 1.54) is 49.0 Å². The molecule has 5 rings (SSSR count). The molecule has 0 nitrogen and oxygen atoms in total. The summed E-state index contributed by atoms with van der Waals surface area (Å²) in [5.74, 6) is 0. The summed E-state index contributed by atoms with van der Waals surface area (Å²) in [7, 11) is 0. The van der Waals surface area contributed by atoms with Gasteiger partial charge in [-0.3, -0.25) is 0 Å². The number of fused-ring (bicyclic) bond motifs is 6. The van der Waals surface area contributed by atoms with E-state index >= 15 is 0 Å². The van der Waals surface area contributed by atoms with Crippen molar-refractivity contribution in [3.8, 4) is 11.1 Å². The molecule has 0 aliphatic heterocycles. The van der Waals surface area contributed by atoms with Crippen molar-refractivity contribution < 1.29 is 0 Å². The second kappa shape index (κ2) is 5.46. The summed E-state index contributed by atoms with van der Waals surface area (Å²) in [4.78, 5) is 0. The molecule has 0 aliphatic carbocycles. The third kappa shape index (κ3) is 2.22. The highest BCUT2D eigenvalue weighted by Gasteiger charge is 2.09. The zero-order chi connectivity index (χ0) is 16.8. The number of rotatable bonds is 1. The Labute approximate surface area is 147 Å². The molecule has 5 aromatic rings. The zero-order valence-corrected chi connectivity index (χ0v) is 14.2. The van der Waals surface area contributed by atoms with E-state index in [0.29, 0.717) is 0 Å². The second-order valence-electron chi connectivity index (χ2n) is 6.72. The summed E-state index contributed by atoms with van der Waals surface area (Å²) >= 11 is 0. The van der Waals surface area contributed by atoms with Crippen LogP contribution in [0, 0.1) is 6.92 Å². The monoisotopic (exact) mass is 318 g/mol. The molecule has 118 valence electrons. The Balaban J connectivity index is 1.97. The van der Waals surface area contributed by atoms with E-state index < -0.39 is 0 Å². The number of benzene rings is 5. The molecule has 5 aromatic carbocycles. The van der Waals surface area contributed by atoms with Crippen molar-refractivity contribution in [3.63, 3.8) is 0 Å². The van der Waals surface area contributed by atoms with E-state index in [1.807, 2.05) is 0 Å². The molecule has 0 atom stereocenters. The minimum absolute atomic E-state index is 1.26. The van der Waals surface area contributed by atoms with Crippen molar-refractivity contribution >= 4 is 32.3 Å². The van der Waals surface area contributed by atoms with Crippen LogP contribution in [0.15, 0.2) is 91.0 Å². The maximum absolute atomic E-state index is 2.34. The average Bonchev–Trinajstić information content (AvgIpc) is 2.68. The van der Waals surface area contributed by atoms with Crippen LogP contribution in [-0.4, -0.2) is 0 Å². The fourth-order valence-electron chi connectivity index (χ4n) is 3.88. The van der Waals surface area contributed by atoms with Gasteiger partial charge >= 0.3 is 0 Å². The molecule has 25 heavy (non-hydrogen) atoms. The highest BCUT2D eigenvalue weighted by atomic mass is 14.1. The highest BCUT2D eigenvalue weighted by Crippen LogP contribution is 2.37. The van der Waals surface area contributed by atoms with Crippen LogP contribution in [0.3, 0.4) is 0 Å². The molecule has 0 heterocycles. The van der Waals surface area contributed by atoms with Gasteiger partial charge in [0.15, 0.2) is 0 Å². The molecule has 0 heteroatoms. The first-order chi connectivity index (χ1) is 12.3. The largest absolute Gasteiger partial charge is 0.0622 e. The van der Waals surface area contributed by atoms with Crippen LogP contribution in [0.2, 0.25) is 0 Å². The average molecular weight is 318 g/mol. The summed E-state index contributed by atoms with van der Waals surface area (Å²) in [6.07, 6.45) is 0. The van der Waals surface area contributed by atoms with Crippen LogP contribution in [0.4, 0.5) is 0 Å². The standard InChI is InChI=1S/C25H18/c1-17-11-13-23-24(15-17)21-10-6-5-9-20(21)22-14-12-19(16-25(22)23)18-7-3-2-4-8-18/h2-16H,1H3. The minimum Gasteiger partial charge on any atom is -0.0622 e. The second-order valence-corrected chi connectivity index (χ2v) is 6.72. The van der Waals surface area contributed by atoms with Gasteiger partial charge in [-0.15, -0.1) is 0 Å². The summed E-state index contributed by atoms with van der Waals surface area (Å²) in [6, 6.07) is 33.0. The summed E-state index contributed by atoms with van der Waals surface area (Å²) < 4.78 is 0. The van der Waals surface area contributed by atoms with Gasteiger partial charge in [0.1, 0.15) is 0 Å². The van der Waals surface area contributed by atoms with Crippen LogP contribution in [0.5, 0.6) is 0 Å². The van der Waals surface area contributed by atoms with Crippen LogP contribution < -0.4 is 0 Å². The normalized spacial score (nSPS) is 11.4. The van der Waals surface area contributed by atoms with Gasteiger partial charge in [0.25, 0.3) is 0 Å². The lowest BCUT2D eigenvalue weighted by atomic mass is 9.91. The van der Waals surface area contributed by atoms with E-state index in [4.69, 9.17) is 0 Å². The highest BCUT2D eigenvalue weighted by molar-refractivity contribution is 6.25. The zero-order valence-electron chi connectivity index (χ0n) is 14.2. The molecule has 0 spiro atoms. The van der Waals surface area contributed by atoms with Crippen LogP contribution in [-0.2, 0) is 0 Å². The molecule has 0 saturated heterocycles. The first-order valence-corrected chi connectivity index (χ1v) is 8.71. The van der Waals surface area contributed by atoms with Crippen LogP contribution in [0.25, 0.3) is 43.4 Å². The molecule has 0 aromatic heterocycles. The quantitative estimate of drug-likeness (QED) is 0.289. The molecular weight excluding hydrogens is 300 g/mol. The SMILES string of the molecule is Cc1ccc2c(c1)c1ccccc1c1ccc(-c3ccccc3)cc12. The van der Waals surface area contributed by atoms with Gasteiger partial charge in [-0.25, -0.2) is 0 Å². The predicted molar refractivity (Wildman–Crippen MR) is 109 cm³/mol. The van der Waals surface area contributed by atoms with Gasteiger partial charge in [0.2, 0.25) is 0 Å². The Morgan fingerprint density at radius 2 is 0.960 bits per heavy atom. The summed E-state index contributed by atoms with van der Waals surface area (Å²) in [5, 5.41) is 7.99. The fraction of sp³-hybridized carbons (Fsp3) is 0.0400. The predicted octanol–water partition coefficient (Wildman–Crippen LogP) is 7.12. The lowest BCUT2D eigenvalue weighted by molar-refractivity contribution is 1.51. The van der Waals surface area contributed by atoms with Gasteiger partial charge in [0.05, 0.1) is 0 Å². The molecule has 0 bridgehead atoms. The smallest absolute Gasteiger partial charge is 0.00928 e. The molecule has 0 unspecified atom stereocenters. The van der Waals surface area contributed by atoms with E-state index in [1.54, 1.807) is 0 Å². The van der Waals surface area contributed by atoms with E-state index in [9.17, 15) is 0 Å². The Hall–Kier alpha value is -3.12.